The van der Waals surface area contributed by atoms with Crippen LogP contribution >= 0.6 is 0 Å². The number of hydrogen-bond donors (Lipinski definition) is 2. The number of phenols is 1. The number of non-ortho nitro benzene ring substituents is 1. The number of rotatable bonds is 5. The van der Waals surface area contributed by atoms with Crippen LogP contribution in [0.15, 0.2) is 18.2 Å². The van der Waals surface area contributed by atoms with Gasteiger partial charge in [-0.3, -0.25) is 14.9 Å². The fraction of sp³-hybridized carbons (Fsp3) is 0.364. The zero-order valence-electron chi connectivity index (χ0n) is 10.7. The van der Waals surface area contributed by atoms with Gasteiger partial charge >= 0.3 is 6.18 Å². The summed E-state index contributed by atoms with van der Waals surface area (Å²) in [4.78, 5) is 21.4. The van der Waals surface area contributed by atoms with E-state index in [0.29, 0.717) is 0 Å². The van der Waals surface area contributed by atoms with Crippen LogP contribution in [0, 0.1) is 10.1 Å². The molecule has 0 saturated carbocycles. The quantitative estimate of drug-likeness (QED) is 0.493. The lowest BCUT2D eigenvalue weighted by Crippen LogP contribution is -2.31. The van der Waals surface area contributed by atoms with Crippen LogP contribution in [-0.2, 0) is 9.53 Å². The molecule has 116 valence electrons. The lowest BCUT2D eigenvalue weighted by molar-refractivity contribution is -0.384. The van der Waals surface area contributed by atoms with E-state index < -0.39 is 41.2 Å². The Hall–Kier alpha value is -2.36. The number of nitro groups is 1. The minimum Gasteiger partial charge on any atom is -0.506 e. The van der Waals surface area contributed by atoms with E-state index in [0.717, 1.165) is 25.1 Å². The maximum Gasteiger partial charge on any atom is 0.411 e. The third kappa shape index (κ3) is 5.26. The highest BCUT2D eigenvalue weighted by Gasteiger charge is 2.30. The predicted octanol–water partition coefficient (Wildman–Crippen LogP) is 2.21. The average Bonchev–Trinajstić information content (AvgIpc) is 2.37. The van der Waals surface area contributed by atoms with Crippen molar-refractivity contribution < 1.29 is 32.7 Å². The van der Waals surface area contributed by atoms with E-state index in [-0.39, 0.29) is 5.69 Å². The molecule has 1 aromatic carbocycles. The van der Waals surface area contributed by atoms with Gasteiger partial charge in [0.1, 0.15) is 18.5 Å². The monoisotopic (exact) mass is 308 g/mol. The van der Waals surface area contributed by atoms with E-state index in [1.54, 1.807) is 0 Å². The summed E-state index contributed by atoms with van der Waals surface area (Å²) in [5.41, 5.74) is -0.691. The number of halogens is 3. The molecule has 1 amide bonds. The summed E-state index contributed by atoms with van der Waals surface area (Å²) in [6.45, 7) is -0.530. The zero-order chi connectivity index (χ0) is 16.2. The lowest BCUT2D eigenvalue weighted by Gasteiger charge is -2.15. The Morgan fingerprint density at radius 3 is 2.67 bits per heavy atom. The SMILES string of the molecule is C[C@H](OCC(F)(F)F)C(=O)Nc1cc([N+](=O)[O-])ccc1O. The van der Waals surface area contributed by atoms with E-state index in [9.17, 15) is 33.2 Å². The first-order valence-electron chi connectivity index (χ1n) is 5.57. The molecule has 0 spiro atoms. The number of aromatic hydroxyl groups is 1. The number of hydrogen-bond acceptors (Lipinski definition) is 5. The molecule has 10 heteroatoms. The van der Waals surface area contributed by atoms with Crippen LogP contribution in [-0.4, -0.2) is 34.8 Å². The Labute approximate surface area is 116 Å². The van der Waals surface area contributed by atoms with Crippen molar-refractivity contribution in [1.82, 2.24) is 0 Å². The highest BCUT2D eigenvalue weighted by Crippen LogP contribution is 2.28. The maximum absolute atomic E-state index is 11.9. The number of nitrogens with one attached hydrogen (secondary N) is 1. The van der Waals surface area contributed by atoms with Crippen LogP contribution in [0.1, 0.15) is 6.92 Å². The van der Waals surface area contributed by atoms with Gasteiger partial charge in [0, 0.05) is 12.1 Å². The van der Waals surface area contributed by atoms with Gasteiger partial charge in [0.2, 0.25) is 0 Å². The number of nitrogens with zero attached hydrogens (tertiary/aromatic N) is 1. The summed E-state index contributed by atoms with van der Waals surface area (Å²) in [5.74, 6) is -1.44. The molecule has 0 fully saturated rings. The van der Waals surface area contributed by atoms with Gasteiger partial charge in [0.15, 0.2) is 0 Å². The minimum atomic E-state index is -4.58. The molecule has 0 radical (unpaired) electrons. The Kier molecular flexibility index (Phi) is 5.08. The Morgan fingerprint density at radius 1 is 1.52 bits per heavy atom. The van der Waals surface area contributed by atoms with Gasteiger partial charge in [-0.15, -0.1) is 0 Å². The van der Waals surface area contributed by atoms with Gasteiger partial charge in [-0.05, 0) is 13.0 Å². The predicted molar refractivity (Wildman–Crippen MR) is 64.9 cm³/mol. The van der Waals surface area contributed by atoms with Crippen molar-refractivity contribution in [2.75, 3.05) is 11.9 Å². The zero-order valence-corrected chi connectivity index (χ0v) is 10.7. The number of nitro benzene ring substituents is 1. The number of ether oxygens (including phenoxy) is 1. The van der Waals surface area contributed by atoms with Crippen molar-refractivity contribution in [2.45, 2.75) is 19.2 Å². The van der Waals surface area contributed by atoms with Gasteiger partial charge in [-0.2, -0.15) is 13.2 Å². The molecule has 7 nitrogen and oxygen atoms in total. The lowest BCUT2D eigenvalue weighted by atomic mass is 10.2. The number of alkyl halides is 3. The Balaban J connectivity index is 2.74. The molecular weight excluding hydrogens is 297 g/mol. The van der Waals surface area contributed by atoms with E-state index in [1.165, 1.54) is 0 Å². The van der Waals surface area contributed by atoms with E-state index in [4.69, 9.17) is 0 Å². The van der Waals surface area contributed by atoms with E-state index >= 15 is 0 Å². The summed E-state index contributed by atoms with van der Waals surface area (Å²) in [7, 11) is 0. The average molecular weight is 308 g/mol. The first-order valence-corrected chi connectivity index (χ1v) is 5.57. The topological polar surface area (TPSA) is 102 Å². The van der Waals surface area contributed by atoms with Crippen molar-refractivity contribution >= 4 is 17.3 Å². The van der Waals surface area contributed by atoms with E-state index in [2.05, 4.69) is 10.1 Å². The number of carbonyl (C=O) groups excluding carboxylic acids is 1. The molecule has 1 rings (SSSR count). The number of carbonyl (C=O) groups is 1. The maximum atomic E-state index is 11.9. The van der Waals surface area contributed by atoms with Crippen LogP contribution in [0.5, 0.6) is 5.75 Å². The van der Waals surface area contributed by atoms with Crippen LogP contribution in [0.4, 0.5) is 24.5 Å². The standard InChI is InChI=1S/C11H11F3N2O5/c1-6(21-5-11(12,13)14)10(18)15-8-4-7(16(19)20)2-3-9(8)17/h2-4,6,17H,5H2,1H3,(H,15,18)/t6-/m0/s1. The molecule has 1 atom stereocenters. The molecule has 0 bridgehead atoms. The van der Waals surface area contributed by atoms with Crippen molar-refractivity contribution in [3.05, 3.63) is 28.3 Å². The third-order valence-corrected chi connectivity index (χ3v) is 2.32. The smallest absolute Gasteiger partial charge is 0.411 e. The second-order valence-electron chi connectivity index (χ2n) is 4.02. The Morgan fingerprint density at radius 2 is 2.14 bits per heavy atom. The van der Waals surface area contributed by atoms with Gasteiger partial charge in [-0.25, -0.2) is 0 Å². The van der Waals surface area contributed by atoms with E-state index in [1.807, 2.05) is 0 Å². The fourth-order valence-corrected chi connectivity index (χ4v) is 1.27. The molecular formula is C11H11F3N2O5. The fourth-order valence-electron chi connectivity index (χ4n) is 1.27. The van der Waals surface area contributed by atoms with Crippen molar-refractivity contribution in [1.29, 1.82) is 0 Å². The normalized spacial score (nSPS) is 12.8. The highest BCUT2D eigenvalue weighted by molar-refractivity contribution is 5.95. The molecule has 0 aliphatic carbocycles. The van der Waals surface area contributed by atoms with Crippen LogP contribution in [0.25, 0.3) is 0 Å². The third-order valence-electron chi connectivity index (χ3n) is 2.32. The second-order valence-corrected chi connectivity index (χ2v) is 4.02. The summed E-state index contributed by atoms with van der Waals surface area (Å²) >= 11 is 0. The first-order chi connectivity index (χ1) is 9.60. The van der Waals surface area contributed by atoms with Crippen molar-refractivity contribution in [3.8, 4) is 5.75 Å². The molecule has 0 saturated heterocycles. The summed E-state index contributed by atoms with van der Waals surface area (Å²) in [6, 6.07) is 2.87. The number of phenolic OH excluding ortho intramolecular Hbond substituents is 1. The van der Waals surface area contributed by atoms with Gasteiger partial charge in [-0.1, -0.05) is 0 Å². The van der Waals surface area contributed by atoms with Crippen LogP contribution in [0.2, 0.25) is 0 Å². The van der Waals surface area contributed by atoms with Crippen molar-refractivity contribution in [2.24, 2.45) is 0 Å². The summed E-state index contributed by atoms with van der Waals surface area (Å²) < 4.78 is 40.1. The molecule has 2 N–H and O–H groups in total. The number of benzene rings is 1. The summed E-state index contributed by atoms with van der Waals surface area (Å²) in [5, 5.41) is 22.1. The minimum absolute atomic E-state index is 0.295. The van der Waals surface area contributed by atoms with Gasteiger partial charge < -0.3 is 15.2 Å². The highest BCUT2D eigenvalue weighted by atomic mass is 19.4. The molecule has 0 heterocycles. The van der Waals surface area contributed by atoms with Gasteiger partial charge in [0.25, 0.3) is 11.6 Å². The number of anilines is 1. The molecule has 0 aliphatic rings. The molecule has 0 aliphatic heterocycles. The molecule has 21 heavy (non-hydrogen) atoms. The number of amides is 1. The summed E-state index contributed by atoms with van der Waals surface area (Å²) in [6.07, 6.45) is -6.03. The van der Waals surface area contributed by atoms with Gasteiger partial charge in [0.05, 0.1) is 10.6 Å². The van der Waals surface area contributed by atoms with Crippen LogP contribution < -0.4 is 5.32 Å². The first kappa shape index (κ1) is 16.7. The van der Waals surface area contributed by atoms with Crippen LogP contribution in [0.3, 0.4) is 0 Å². The van der Waals surface area contributed by atoms with Crippen molar-refractivity contribution in [3.63, 3.8) is 0 Å². The Bertz CT molecular complexity index is 547. The molecule has 1 aromatic rings. The second kappa shape index (κ2) is 6.39. The molecule has 0 unspecified atom stereocenters. The largest absolute Gasteiger partial charge is 0.506 e. The molecule has 0 aromatic heterocycles.